The molecule has 0 N–H and O–H groups in total. The maximum absolute atomic E-state index is 2.43. The van der Waals surface area contributed by atoms with Gasteiger partial charge in [0.05, 0.1) is 0 Å². The maximum Gasteiger partial charge on any atom is 0.0462 e. The van der Waals surface area contributed by atoms with Gasteiger partial charge in [-0.15, -0.1) is 0 Å². The van der Waals surface area contributed by atoms with Crippen molar-refractivity contribution in [1.82, 2.24) is 0 Å². The fourth-order valence-corrected chi connectivity index (χ4v) is 6.25. The molecule has 0 heterocycles. The van der Waals surface area contributed by atoms with Gasteiger partial charge >= 0.3 is 0 Å². The Labute approximate surface area is 231 Å². The number of nitrogens with zero attached hydrogens (tertiary/aromatic N) is 1. The quantitative estimate of drug-likeness (QED) is 0.263. The van der Waals surface area contributed by atoms with E-state index in [9.17, 15) is 0 Å². The molecule has 4 aromatic rings. The van der Waals surface area contributed by atoms with E-state index in [-0.39, 0.29) is 0 Å². The van der Waals surface area contributed by atoms with E-state index in [2.05, 4.69) is 157 Å². The Morgan fingerprint density at radius 2 is 1.18 bits per heavy atom. The molecule has 0 saturated heterocycles. The predicted molar refractivity (Wildman–Crippen MR) is 165 cm³/mol. The lowest BCUT2D eigenvalue weighted by Crippen LogP contribution is -2.23. The summed E-state index contributed by atoms with van der Waals surface area (Å²) in [6.45, 7) is 0. The molecular formula is C38H31N. The van der Waals surface area contributed by atoms with Crippen LogP contribution in [0.15, 0.2) is 163 Å². The fourth-order valence-electron chi connectivity index (χ4n) is 6.25. The molecule has 39 heavy (non-hydrogen) atoms. The van der Waals surface area contributed by atoms with Crippen LogP contribution in [0.3, 0.4) is 0 Å². The minimum atomic E-state index is 0.471. The number of hydrogen-bond donors (Lipinski definition) is 0. The van der Waals surface area contributed by atoms with Crippen LogP contribution in [0.25, 0.3) is 16.7 Å². The zero-order chi connectivity index (χ0) is 26.0. The Kier molecular flexibility index (Phi) is 6.19. The van der Waals surface area contributed by atoms with Gasteiger partial charge < -0.3 is 4.90 Å². The van der Waals surface area contributed by atoms with Gasteiger partial charge in [-0.25, -0.2) is 0 Å². The van der Waals surface area contributed by atoms with Crippen LogP contribution in [-0.2, 0) is 0 Å². The van der Waals surface area contributed by atoms with E-state index < -0.39 is 0 Å². The second-order valence-electron chi connectivity index (χ2n) is 10.5. The molecule has 4 aromatic carbocycles. The van der Waals surface area contributed by atoms with E-state index in [1.807, 2.05) is 0 Å². The third-order valence-electron chi connectivity index (χ3n) is 8.19. The summed E-state index contributed by atoms with van der Waals surface area (Å²) in [5.74, 6) is 1.07. The summed E-state index contributed by atoms with van der Waals surface area (Å²) < 4.78 is 0. The van der Waals surface area contributed by atoms with Crippen LogP contribution in [0.5, 0.6) is 0 Å². The summed E-state index contributed by atoms with van der Waals surface area (Å²) in [5, 5.41) is 0. The SMILES string of the molecule is C1=CC2=C(c3ccc(N(c4ccccc4)c4ccc(-c5ccccc5)cc4)cc3)C=C3C=CCCC3C2C=C1. The minimum absolute atomic E-state index is 0.471. The Morgan fingerprint density at radius 3 is 1.90 bits per heavy atom. The number of allylic oxidation sites excluding steroid dienone is 10. The van der Waals surface area contributed by atoms with Crippen LogP contribution >= 0.6 is 0 Å². The zero-order valence-electron chi connectivity index (χ0n) is 21.9. The molecule has 0 amide bonds. The Morgan fingerprint density at radius 1 is 0.564 bits per heavy atom. The van der Waals surface area contributed by atoms with Crippen LogP contribution in [0.2, 0.25) is 0 Å². The molecule has 2 unspecified atom stereocenters. The monoisotopic (exact) mass is 501 g/mol. The van der Waals surface area contributed by atoms with Crippen LogP contribution in [0.4, 0.5) is 17.1 Å². The standard InChI is InChI=1S/C38H31N/c1-3-11-28(12-4-1)29-19-23-33(24-20-29)39(32-14-5-2-6-15-32)34-25-21-30(22-26-34)38-27-31-13-7-8-16-35(31)36-17-9-10-18-37(36)38/h1-7,9-15,17-27,35-36H,8,16H2. The molecule has 7 rings (SSSR count). The van der Waals surface area contributed by atoms with E-state index in [1.165, 1.54) is 46.3 Å². The number of para-hydroxylation sites is 1. The molecule has 3 aliphatic rings. The van der Waals surface area contributed by atoms with Gasteiger partial charge in [-0.2, -0.15) is 0 Å². The molecule has 0 spiro atoms. The zero-order valence-corrected chi connectivity index (χ0v) is 21.9. The highest BCUT2D eigenvalue weighted by Gasteiger charge is 2.31. The molecule has 0 saturated carbocycles. The van der Waals surface area contributed by atoms with Gasteiger partial charge in [-0.1, -0.05) is 115 Å². The second-order valence-corrected chi connectivity index (χ2v) is 10.5. The Hall–Kier alpha value is -4.62. The molecule has 1 heteroatoms. The fraction of sp³-hybridized carbons (Fsp3) is 0.105. The van der Waals surface area contributed by atoms with E-state index in [1.54, 1.807) is 0 Å². The van der Waals surface area contributed by atoms with Crippen LogP contribution in [0, 0.1) is 11.8 Å². The van der Waals surface area contributed by atoms with Gasteiger partial charge in [-0.3, -0.25) is 0 Å². The molecule has 188 valence electrons. The molecular weight excluding hydrogens is 470 g/mol. The third-order valence-corrected chi connectivity index (χ3v) is 8.19. The minimum Gasteiger partial charge on any atom is -0.311 e. The van der Waals surface area contributed by atoms with Gasteiger partial charge in [0.1, 0.15) is 0 Å². The van der Waals surface area contributed by atoms with Gasteiger partial charge in [-0.05, 0) is 88.6 Å². The van der Waals surface area contributed by atoms with Crippen LogP contribution in [0.1, 0.15) is 18.4 Å². The number of anilines is 3. The first-order chi connectivity index (χ1) is 19.3. The molecule has 0 radical (unpaired) electrons. The average Bonchev–Trinajstić information content (AvgIpc) is 3.02. The summed E-state index contributed by atoms with van der Waals surface area (Å²) >= 11 is 0. The maximum atomic E-state index is 2.43. The Balaban J connectivity index is 1.26. The first-order valence-electron chi connectivity index (χ1n) is 13.9. The summed E-state index contributed by atoms with van der Waals surface area (Å²) in [6.07, 6.45) is 18.7. The van der Waals surface area contributed by atoms with Crippen molar-refractivity contribution in [2.24, 2.45) is 11.8 Å². The highest BCUT2D eigenvalue weighted by molar-refractivity contribution is 5.85. The summed E-state index contributed by atoms with van der Waals surface area (Å²) in [4.78, 5) is 2.33. The lowest BCUT2D eigenvalue weighted by Gasteiger charge is -2.35. The van der Waals surface area contributed by atoms with Crippen molar-refractivity contribution in [3.05, 3.63) is 168 Å². The molecule has 0 bridgehead atoms. The van der Waals surface area contributed by atoms with Crippen molar-refractivity contribution in [2.75, 3.05) is 4.90 Å². The highest BCUT2D eigenvalue weighted by Crippen LogP contribution is 2.46. The number of hydrogen-bond acceptors (Lipinski definition) is 1. The van der Waals surface area contributed by atoms with E-state index in [0.29, 0.717) is 11.8 Å². The predicted octanol–water partition coefficient (Wildman–Crippen LogP) is 10.2. The normalized spacial score (nSPS) is 19.3. The molecule has 3 aliphatic carbocycles. The van der Waals surface area contributed by atoms with Crippen molar-refractivity contribution in [3.63, 3.8) is 0 Å². The lowest BCUT2D eigenvalue weighted by atomic mass is 9.69. The smallest absolute Gasteiger partial charge is 0.0462 e. The van der Waals surface area contributed by atoms with Crippen molar-refractivity contribution in [3.8, 4) is 11.1 Å². The summed E-state index contributed by atoms with van der Waals surface area (Å²) in [6, 6.07) is 39.2. The molecule has 2 atom stereocenters. The van der Waals surface area contributed by atoms with Gasteiger partial charge in [0.25, 0.3) is 0 Å². The Bertz CT molecular complexity index is 1620. The lowest BCUT2D eigenvalue weighted by molar-refractivity contribution is 0.472. The largest absolute Gasteiger partial charge is 0.311 e. The molecule has 1 nitrogen and oxygen atoms in total. The molecule has 0 aliphatic heterocycles. The number of fused-ring (bicyclic) bond motifs is 3. The van der Waals surface area contributed by atoms with Crippen molar-refractivity contribution in [2.45, 2.75) is 12.8 Å². The van der Waals surface area contributed by atoms with E-state index in [4.69, 9.17) is 0 Å². The van der Waals surface area contributed by atoms with E-state index in [0.717, 1.165) is 17.1 Å². The average molecular weight is 502 g/mol. The highest BCUT2D eigenvalue weighted by atomic mass is 15.1. The van der Waals surface area contributed by atoms with Crippen LogP contribution < -0.4 is 4.90 Å². The molecule has 0 aromatic heterocycles. The van der Waals surface area contributed by atoms with Gasteiger partial charge in [0, 0.05) is 23.0 Å². The first-order valence-corrected chi connectivity index (χ1v) is 13.9. The van der Waals surface area contributed by atoms with Crippen molar-refractivity contribution in [1.29, 1.82) is 0 Å². The third kappa shape index (κ3) is 4.51. The summed E-state index contributed by atoms with van der Waals surface area (Å²) in [5.41, 5.74) is 11.4. The van der Waals surface area contributed by atoms with Crippen molar-refractivity contribution < 1.29 is 0 Å². The number of benzene rings is 4. The molecule has 0 fully saturated rings. The van der Waals surface area contributed by atoms with Crippen molar-refractivity contribution >= 4 is 22.6 Å². The van der Waals surface area contributed by atoms with Gasteiger partial charge in [0.15, 0.2) is 0 Å². The van der Waals surface area contributed by atoms with Gasteiger partial charge in [0.2, 0.25) is 0 Å². The summed E-state index contributed by atoms with van der Waals surface area (Å²) in [7, 11) is 0. The first kappa shape index (κ1) is 23.5. The number of rotatable bonds is 5. The topological polar surface area (TPSA) is 3.24 Å². The van der Waals surface area contributed by atoms with E-state index >= 15 is 0 Å². The van der Waals surface area contributed by atoms with Crippen LogP contribution in [-0.4, -0.2) is 0 Å². The second kappa shape index (κ2) is 10.3.